The van der Waals surface area contributed by atoms with Crippen LogP contribution in [-0.2, 0) is 15.9 Å². The second-order valence-corrected chi connectivity index (χ2v) is 7.34. The Morgan fingerprint density at radius 1 is 1.33 bits per heavy atom. The molecule has 0 aromatic heterocycles. The van der Waals surface area contributed by atoms with E-state index >= 15 is 0 Å². The summed E-state index contributed by atoms with van der Waals surface area (Å²) in [6.45, 7) is 4.39. The van der Waals surface area contributed by atoms with E-state index in [0.717, 1.165) is 6.07 Å². The summed E-state index contributed by atoms with van der Waals surface area (Å²) in [6, 6.07) is 3.69. The first-order valence-electron chi connectivity index (χ1n) is 6.75. The lowest BCUT2D eigenvalue weighted by molar-refractivity contribution is 0.271. The summed E-state index contributed by atoms with van der Waals surface area (Å²) in [6.07, 6.45) is 0. The van der Waals surface area contributed by atoms with Crippen molar-refractivity contribution in [3.8, 4) is 0 Å². The van der Waals surface area contributed by atoms with Crippen LogP contribution in [0.25, 0.3) is 0 Å². The van der Waals surface area contributed by atoms with Gasteiger partial charge in [-0.25, -0.2) is 12.8 Å². The SMILES string of the molecule is CCN(C(C)CN(C)C)S(=O)(=O)c1cc(CCl)ccc1F. The van der Waals surface area contributed by atoms with E-state index in [-0.39, 0.29) is 23.4 Å². The van der Waals surface area contributed by atoms with Crippen molar-refractivity contribution in [1.29, 1.82) is 0 Å². The van der Waals surface area contributed by atoms with E-state index in [0.29, 0.717) is 12.1 Å². The maximum Gasteiger partial charge on any atom is 0.246 e. The van der Waals surface area contributed by atoms with Gasteiger partial charge >= 0.3 is 0 Å². The van der Waals surface area contributed by atoms with Crippen molar-refractivity contribution in [3.05, 3.63) is 29.6 Å². The molecule has 0 saturated heterocycles. The quantitative estimate of drug-likeness (QED) is 0.718. The summed E-state index contributed by atoms with van der Waals surface area (Å²) in [5, 5.41) is 0. The van der Waals surface area contributed by atoms with E-state index in [4.69, 9.17) is 11.6 Å². The number of sulfonamides is 1. The third-order valence-corrected chi connectivity index (χ3v) is 5.58. The molecule has 1 aromatic carbocycles. The van der Waals surface area contributed by atoms with Gasteiger partial charge in [0.05, 0.1) is 0 Å². The molecule has 21 heavy (non-hydrogen) atoms. The lowest BCUT2D eigenvalue weighted by Crippen LogP contribution is -2.43. The maximum atomic E-state index is 14.0. The Morgan fingerprint density at radius 3 is 2.43 bits per heavy atom. The summed E-state index contributed by atoms with van der Waals surface area (Å²) in [4.78, 5) is 1.59. The molecule has 0 radical (unpaired) electrons. The summed E-state index contributed by atoms with van der Waals surface area (Å²) < 4.78 is 40.7. The highest BCUT2D eigenvalue weighted by Crippen LogP contribution is 2.23. The zero-order valence-electron chi connectivity index (χ0n) is 12.8. The number of hydrogen-bond donors (Lipinski definition) is 0. The van der Waals surface area contributed by atoms with Crippen LogP contribution in [0.15, 0.2) is 23.1 Å². The molecule has 7 heteroatoms. The predicted molar refractivity (Wildman–Crippen MR) is 83.5 cm³/mol. The van der Waals surface area contributed by atoms with Crippen molar-refractivity contribution < 1.29 is 12.8 Å². The fraction of sp³-hybridized carbons (Fsp3) is 0.571. The highest BCUT2D eigenvalue weighted by molar-refractivity contribution is 7.89. The maximum absolute atomic E-state index is 14.0. The van der Waals surface area contributed by atoms with E-state index in [9.17, 15) is 12.8 Å². The summed E-state index contributed by atoms with van der Waals surface area (Å²) in [7, 11) is -0.153. The number of alkyl halides is 1. The first kappa shape index (κ1) is 18.4. The monoisotopic (exact) mass is 336 g/mol. The van der Waals surface area contributed by atoms with Gasteiger partial charge in [-0.05, 0) is 38.7 Å². The van der Waals surface area contributed by atoms with Gasteiger partial charge in [-0.3, -0.25) is 0 Å². The van der Waals surface area contributed by atoms with Gasteiger partial charge in [-0.2, -0.15) is 4.31 Å². The van der Waals surface area contributed by atoms with E-state index < -0.39 is 15.8 Å². The molecule has 0 heterocycles. The minimum absolute atomic E-state index is 0.141. The summed E-state index contributed by atoms with van der Waals surface area (Å²) in [5.41, 5.74) is 0.577. The van der Waals surface area contributed by atoms with Gasteiger partial charge in [0.15, 0.2) is 0 Å². The third-order valence-electron chi connectivity index (χ3n) is 3.17. The molecule has 0 saturated carbocycles. The van der Waals surface area contributed by atoms with Gasteiger partial charge in [-0.1, -0.05) is 13.0 Å². The van der Waals surface area contributed by atoms with Crippen LogP contribution in [0.2, 0.25) is 0 Å². The number of nitrogens with zero attached hydrogens (tertiary/aromatic N) is 2. The highest BCUT2D eigenvalue weighted by atomic mass is 35.5. The number of likely N-dealkylation sites (N-methyl/N-ethyl adjacent to an activating group) is 2. The first-order chi connectivity index (χ1) is 9.73. The zero-order valence-corrected chi connectivity index (χ0v) is 14.4. The normalized spacial score (nSPS) is 13.9. The van der Waals surface area contributed by atoms with Gasteiger partial charge in [0, 0.05) is 25.0 Å². The van der Waals surface area contributed by atoms with Crippen molar-refractivity contribution in [3.63, 3.8) is 0 Å². The van der Waals surface area contributed by atoms with Crippen LogP contribution in [0.3, 0.4) is 0 Å². The molecule has 1 atom stereocenters. The molecule has 0 aliphatic carbocycles. The predicted octanol–water partition coefficient (Wildman–Crippen LogP) is 2.53. The molecule has 120 valence electrons. The molecule has 0 bridgehead atoms. The Morgan fingerprint density at radius 2 is 1.95 bits per heavy atom. The van der Waals surface area contributed by atoms with Crippen molar-refractivity contribution in [1.82, 2.24) is 9.21 Å². The molecule has 1 unspecified atom stereocenters. The van der Waals surface area contributed by atoms with Crippen LogP contribution in [0.5, 0.6) is 0 Å². The van der Waals surface area contributed by atoms with E-state index in [1.54, 1.807) is 6.92 Å². The fourth-order valence-corrected chi connectivity index (χ4v) is 4.21. The van der Waals surface area contributed by atoms with E-state index in [1.807, 2.05) is 25.9 Å². The second kappa shape index (κ2) is 7.54. The van der Waals surface area contributed by atoms with Crippen molar-refractivity contribution in [2.75, 3.05) is 27.2 Å². The number of halogens is 2. The molecule has 0 aliphatic heterocycles. The van der Waals surface area contributed by atoms with E-state index in [1.165, 1.54) is 16.4 Å². The van der Waals surface area contributed by atoms with Crippen LogP contribution < -0.4 is 0 Å². The van der Waals surface area contributed by atoms with Crippen LogP contribution in [0.1, 0.15) is 19.4 Å². The Labute approximate surface area is 131 Å². The number of hydrogen-bond acceptors (Lipinski definition) is 3. The number of rotatable bonds is 7. The molecule has 1 aromatic rings. The molecule has 1 rings (SSSR count). The Bertz CT molecular complexity index is 578. The molecular formula is C14H22ClFN2O2S. The third kappa shape index (κ3) is 4.39. The molecule has 0 spiro atoms. The van der Waals surface area contributed by atoms with Crippen LogP contribution in [0.4, 0.5) is 4.39 Å². The second-order valence-electron chi connectivity index (χ2n) is 5.22. The Kier molecular flexibility index (Phi) is 6.59. The van der Waals surface area contributed by atoms with Crippen molar-refractivity contribution in [2.24, 2.45) is 0 Å². The van der Waals surface area contributed by atoms with Crippen LogP contribution >= 0.6 is 11.6 Å². The fourth-order valence-electron chi connectivity index (χ4n) is 2.29. The van der Waals surface area contributed by atoms with Gasteiger partial charge in [0.2, 0.25) is 10.0 Å². The highest BCUT2D eigenvalue weighted by Gasteiger charge is 2.30. The molecule has 0 fully saturated rings. The first-order valence-corrected chi connectivity index (χ1v) is 8.72. The lowest BCUT2D eigenvalue weighted by atomic mass is 10.2. The van der Waals surface area contributed by atoms with Gasteiger partial charge in [0.25, 0.3) is 0 Å². The lowest BCUT2D eigenvalue weighted by Gasteiger charge is -2.29. The average Bonchev–Trinajstić information content (AvgIpc) is 2.38. The summed E-state index contributed by atoms with van der Waals surface area (Å²) in [5.74, 6) is -0.610. The molecular weight excluding hydrogens is 315 g/mol. The Balaban J connectivity index is 3.24. The smallest absolute Gasteiger partial charge is 0.246 e. The zero-order chi connectivity index (χ0) is 16.2. The Hall–Kier alpha value is -0.690. The van der Waals surface area contributed by atoms with Gasteiger partial charge in [-0.15, -0.1) is 11.6 Å². The summed E-state index contributed by atoms with van der Waals surface area (Å²) >= 11 is 5.71. The van der Waals surface area contributed by atoms with Crippen LogP contribution in [-0.4, -0.2) is 50.8 Å². The average molecular weight is 337 g/mol. The van der Waals surface area contributed by atoms with Gasteiger partial charge in [0.1, 0.15) is 10.7 Å². The minimum Gasteiger partial charge on any atom is -0.308 e. The molecule has 0 aliphatic rings. The molecule has 0 N–H and O–H groups in total. The van der Waals surface area contributed by atoms with Gasteiger partial charge < -0.3 is 4.90 Å². The topological polar surface area (TPSA) is 40.6 Å². The van der Waals surface area contributed by atoms with Crippen molar-refractivity contribution in [2.45, 2.75) is 30.7 Å². The largest absolute Gasteiger partial charge is 0.308 e. The molecule has 0 amide bonds. The molecule has 4 nitrogen and oxygen atoms in total. The number of benzene rings is 1. The van der Waals surface area contributed by atoms with Crippen LogP contribution in [0, 0.1) is 5.82 Å². The standard InChI is InChI=1S/C14H22ClFN2O2S/c1-5-18(11(2)10-17(3)4)21(19,20)14-8-12(9-15)6-7-13(14)16/h6-8,11H,5,9-10H2,1-4H3. The van der Waals surface area contributed by atoms with E-state index in [2.05, 4.69) is 0 Å². The minimum atomic E-state index is -3.89. The van der Waals surface area contributed by atoms with Crippen molar-refractivity contribution >= 4 is 21.6 Å².